The van der Waals surface area contributed by atoms with Crippen LogP contribution in [-0.4, -0.2) is 12.4 Å². The lowest BCUT2D eigenvalue weighted by molar-refractivity contribution is 1.26. The van der Waals surface area contributed by atoms with E-state index in [0.29, 0.717) is 0 Å². The fraction of sp³-hybridized carbons (Fsp3) is 0. The summed E-state index contributed by atoms with van der Waals surface area (Å²) in [4.78, 5) is 0. The molecule has 0 unspecified atom stereocenters. The largest absolute Gasteiger partial charge is 0.159 e. The van der Waals surface area contributed by atoms with Crippen LogP contribution < -0.4 is 0 Å². The Hall–Kier alpha value is -4.82. The molecule has 6 aromatic rings. The van der Waals surface area contributed by atoms with Gasteiger partial charge in [-0.2, -0.15) is 10.2 Å². The van der Waals surface area contributed by atoms with Crippen LogP contribution in [0.3, 0.4) is 0 Å². The van der Waals surface area contributed by atoms with Crippen LogP contribution in [0.2, 0.25) is 0 Å². The van der Waals surface area contributed by atoms with Gasteiger partial charge in [-0.05, 0) is 67.1 Å². The summed E-state index contributed by atoms with van der Waals surface area (Å²) in [5.41, 5.74) is 6.83. The molecule has 36 heavy (non-hydrogen) atoms. The van der Waals surface area contributed by atoms with Gasteiger partial charge in [0.1, 0.15) is 0 Å². The van der Waals surface area contributed by atoms with Crippen molar-refractivity contribution in [2.45, 2.75) is 0 Å². The lowest BCUT2D eigenvalue weighted by Gasteiger charge is -2.05. The molecule has 0 saturated heterocycles. The molecular formula is C34H24N2. The highest BCUT2D eigenvalue weighted by Gasteiger charge is 2.01. The van der Waals surface area contributed by atoms with Gasteiger partial charge in [-0.3, -0.25) is 0 Å². The van der Waals surface area contributed by atoms with E-state index in [1.54, 1.807) is 12.4 Å². The molecule has 0 amide bonds. The van der Waals surface area contributed by atoms with E-state index in [1.807, 2.05) is 0 Å². The van der Waals surface area contributed by atoms with Gasteiger partial charge in [0.25, 0.3) is 0 Å². The zero-order chi connectivity index (χ0) is 24.2. The van der Waals surface area contributed by atoms with Crippen LogP contribution in [0.15, 0.2) is 144 Å². The minimum Gasteiger partial charge on any atom is -0.159 e. The number of rotatable bonds is 5. The molecule has 0 aliphatic carbocycles. The molecule has 0 fully saturated rings. The van der Waals surface area contributed by atoms with Crippen molar-refractivity contribution in [2.75, 3.05) is 0 Å². The second-order valence-corrected chi connectivity index (χ2v) is 8.86. The van der Waals surface area contributed by atoms with Crippen LogP contribution >= 0.6 is 0 Å². The molecule has 2 nitrogen and oxygen atoms in total. The van der Waals surface area contributed by atoms with Crippen molar-refractivity contribution < 1.29 is 0 Å². The van der Waals surface area contributed by atoms with E-state index in [0.717, 1.165) is 11.1 Å². The Kier molecular flexibility index (Phi) is 5.91. The van der Waals surface area contributed by atoms with E-state index in [-0.39, 0.29) is 0 Å². The van der Waals surface area contributed by atoms with Gasteiger partial charge in [0.2, 0.25) is 0 Å². The monoisotopic (exact) mass is 460 g/mol. The predicted molar refractivity (Wildman–Crippen MR) is 154 cm³/mol. The Bertz CT molecular complexity index is 1580. The molecule has 0 N–H and O–H groups in total. The molecule has 0 aliphatic heterocycles. The van der Waals surface area contributed by atoms with Gasteiger partial charge in [0.05, 0.1) is 12.4 Å². The lowest BCUT2D eigenvalue weighted by atomic mass is 10.0. The molecule has 6 aromatic carbocycles. The molecular weight excluding hydrogens is 436 g/mol. The molecule has 0 atom stereocenters. The minimum atomic E-state index is 1.02. The quantitative estimate of drug-likeness (QED) is 0.181. The summed E-state index contributed by atoms with van der Waals surface area (Å²) < 4.78 is 0. The maximum absolute atomic E-state index is 4.24. The van der Waals surface area contributed by atoms with Gasteiger partial charge >= 0.3 is 0 Å². The van der Waals surface area contributed by atoms with Crippen LogP contribution in [0.1, 0.15) is 11.1 Å². The molecule has 0 heterocycles. The van der Waals surface area contributed by atoms with Gasteiger partial charge in [-0.1, -0.05) is 121 Å². The van der Waals surface area contributed by atoms with Crippen molar-refractivity contribution in [3.63, 3.8) is 0 Å². The first-order valence-electron chi connectivity index (χ1n) is 12.1. The molecule has 0 aromatic heterocycles. The Morgan fingerprint density at radius 3 is 1.11 bits per heavy atom. The summed E-state index contributed by atoms with van der Waals surface area (Å²) in [7, 11) is 0. The van der Waals surface area contributed by atoms with Gasteiger partial charge in [-0.15, -0.1) is 0 Å². The highest BCUT2D eigenvalue weighted by Crippen LogP contribution is 2.26. The van der Waals surface area contributed by atoms with Crippen molar-refractivity contribution in [2.24, 2.45) is 10.2 Å². The van der Waals surface area contributed by atoms with Gasteiger partial charge in [-0.25, -0.2) is 0 Å². The second-order valence-electron chi connectivity index (χ2n) is 8.86. The first-order chi connectivity index (χ1) is 17.8. The van der Waals surface area contributed by atoms with E-state index >= 15 is 0 Å². The average molecular weight is 461 g/mol. The maximum Gasteiger partial charge on any atom is 0.0568 e. The highest BCUT2D eigenvalue weighted by atomic mass is 15.2. The molecule has 0 spiro atoms. The second kappa shape index (κ2) is 9.81. The smallest absolute Gasteiger partial charge is 0.0568 e. The van der Waals surface area contributed by atoms with Gasteiger partial charge < -0.3 is 0 Å². The average Bonchev–Trinajstić information content (AvgIpc) is 2.95. The summed E-state index contributed by atoms with van der Waals surface area (Å²) in [6.45, 7) is 0. The SMILES string of the molecule is C(=N\N=C\c1ccc(-c2ccc3ccccc3c2)cc1)/c1ccc(-c2ccc3ccccc3c2)cc1. The molecule has 6 rings (SSSR count). The Labute approximate surface area is 210 Å². The van der Waals surface area contributed by atoms with Crippen LogP contribution in [-0.2, 0) is 0 Å². The summed E-state index contributed by atoms with van der Waals surface area (Å²) in [6.07, 6.45) is 3.56. The number of benzene rings is 6. The zero-order valence-corrected chi connectivity index (χ0v) is 19.8. The van der Waals surface area contributed by atoms with E-state index in [2.05, 4.69) is 144 Å². The highest BCUT2D eigenvalue weighted by molar-refractivity contribution is 5.89. The van der Waals surface area contributed by atoms with E-state index < -0.39 is 0 Å². The van der Waals surface area contributed by atoms with Gasteiger partial charge in [0, 0.05) is 0 Å². The van der Waals surface area contributed by atoms with Crippen molar-refractivity contribution in [1.29, 1.82) is 0 Å². The fourth-order valence-electron chi connectivity index (χ4n) is 4.46. The van der Waals surface area contributed by atoms with E-state index in [1.165, 1.54) is 43.8 Å². The lowest BCUT2D eigenvalue weighted by Crippen LogP contribution is -1.84. The first-order valence-corrected chi connectivity index (χ1v) is 12.1. The third kappa shape index (κ3) is 4.70. The Morgan fingerprint density at radius 2 is 0.694 bits per heavy atom. The molecule has 0 bridgehead atoms. The minimum absolute atomic E-state index is 1.02. The van der Waals surface area contributed by atoms with Crippen LogP contribution in [0.5, 0.6) is 0 Å². The Morgan fingerprint density at radius 1 is 0.333 bits per heavy atom. The van der Waals surface area contributed by atoms with E-state index in [4.69, 9.17) is 0 Å². The summed E-state index contributed by atoms with van der Waals surface area (Å²) in [5.74, 6) is 0. The summed E-state index contributed by atoms with van der Waals surface area (Å²) >= 11 is 0. The molecule has 170 valence electrons. The number of hydrogen-bond acceptors (Lipinski definition) is 2. The third-order valence-electron chi connectivity index (χ3n) is 6.47. The van der Waals surface area contributed by atoms with Crippen molar-refractivity contribution in [1.82, 2.24) is 0 Å². The molecule has 2 heteroatoms. The number of nitrogens with zero attached hydrogens (tertiary/aromatic N) is 2. The third-order valence-corrected chi connectivity index (χ3v) is 6.47. The fourth-order valence-corrected chi connectivity index (χ4v) is 4.46. The maximum atomic E-state index is 4.24. The zero-order valence-electron chi connectivity index (χ0n) is 19.8. The Balaban J connectivity index is 1.11. The van der Waals surface area contributed by atoms with Gasteiger partial charge in [0.15, 0.2) is 0 Å². The number of fused-ring (bicyclic) bond motifs is 2. The number of hydrogen-bond donors (Lipinski definition) is 0. The normalized spacial score (nSPS) is 11.7. The van der Waals surface area contributed by atoms with Crippen molar-refractivity contribution >= 4 is 34.0 Å². The van der Waals surface area contributed by atoms with Crippen molar-refractivity contribution in [3.8, 4) is 22.3 Å². The van der Waals surface area contributed by atoms with Crippen LogP contribution in [0.25, 0.3) is 43.8 Å². The summed E-state index contributed by atoms with van der Waals surface area (Å²) in [5, 5.41) is 13.5. The van der Waals surface area contributed by atoms with Crippen molar-refractivity contribution in [3.05, 3.63) is 145 Å². The molecule has 0 aliphatic rings. The topological polar surface area (TPSA) is 24.7 Å². The predicted octanol–water partition coefficient (Wildman–Crippen LogP) is 8.78. The summed E-state index contributed by atoms with van der Waals surface area (Å²) in [6, 6.07) is 46.8. The van der Waals surface area contributed by atoms with Crippen LogP contribution in [0, 0.1) is 0 Å². The molecule has 0 radical (unpaired) electrons. The standard InChI is InChI=1S/C34H24N2/c1-3-7-31-21-33(19-17-27(31)5-1)29-13-9-25(10-14-29)23-35-36-24-26-11-15-30(16-12-26)34-20-18-28-6-2-4-8-32(28)22-34/h1-24H/b35-23+,36-24+. The first kappa shape index (κ1) is 21.7. The van der Waals surface area contributed by atoms with Crippen LogP contribution in [0.4, 0.5) is 0 Å². The molecule has 0 saturated carbocycles. The van der Waals surface area contributed by atoms with E-state index in [9.17, 15) is 0 Å².